The molecule has 0 aliphatic heterocycles. The molecule has 3 heteroatoms. The summed E-state index contributed by atoms with van der Waals surface area (Å²) in [6.07, 6.45) is 6.62. The van der Waals surface area contributed by atoms with Crippen LogP contribution in [0.5, 0.6) is 0 Å². The van der Waals surface area contributed by atoms with Crippen molar-refractivity contribution in [3.8, 4) is 0 Å². The van der Waals surface area contributed by atoms with Crippen LogP contribution in [0.1, 0.15) is 37.5 Å². The quantitative estimate of drug-likeness (QED) is 0.858. The van der Waals surface area contributed by atoms with E-state index in [1.165, 1.54) is 37.0 Å². The predicted octanol–water partition coefficient (Wildman–Crippen LogP) is 4.36. The Morgan fingerprint density at radius 1 is 1.41 bits per heavy atom. The summed E-state index contributed by atoms with van der Waals surface area (Å²) in [5.41, 5.74) is 0. The van der Waals surface area contributed by atoms with Crippen LogP contribution in [0.4, 0.5) is 0 Å². The van der Waals surface area contributed by atoms with E-state index in [9.17, 15) is 0 Å². The van der Waals surface area contributed by atoms with Gasteiger partial charge >= 0.3 is 0 Å². The smallest absolute Gasteiger partial charge is 0.0931 e. The highest BCUT2D eigenvalue weighted by Crippen LogP contribution is 2.35. The van der Waals surface area contributed by atoms with Gasteiger partial charge in [0.1, 0.15) is 0 Å². The molecule has 1 fully saturated rings. The van der Waals surface area contributed by atoms with Crippen molar-refractivity contribution >= 4 is 22.9 Å². The third-order valence-electron chi connectivity index (χ3n) is 4.13. The van der Waals surface area contributed by atoms with Gasteiger partial charge in [-0.15, -0.1) is 11.3 Å². The van der Waals surface area contributed by atoms with E-state index in [2.05, 4.69) is 25.4 Å². The molecule has 0 amide bonds. The van der Waals surface area contributed by atoms with Gasteiger partial charge in [-0.2, -0.15) is 0 Å². The summed E-state index contributed by atoms with van der Waals surface area (Å²) in [7, 11) is 2.10. The number of rotatable bonds is 4. The van der Waals surface area contributed by atoms with Gasteiger partial charge in [-0.3, -0.25) is 0 Å². The summed E-state index contributed by atoms with van der Waals surface area (Å²) in [5.74, 6) is 1.72. The highest BCUT2D eigenvalue weighted by Gasteiger charge is 2.28. The molecule has 1 saturated carbocycles. The molecule has 3 atom stereocenters. The van der Waals surface area contributed by atoms with E-state index in [4.69, 9.17) is 11.6 Å². The molecule has 0 spiro atoms. The van der Waals surface area contributed by atoms with Gasteiger partial charge in [0.15, 0.2) is 0 Å². The van der Waals surface area contributed by atoms with E-state index in [0.29, 0.717) is 6.04 Å². The second-order valence-electron chi connectivity index (χ2n) is 5.15. The summed E-state index contributed by atoms with van der Waals surface area (Å²) in [6, 6.07) is 4.91. The predicted molar refractivity (Wildman–Crippen MR) is 77.0 cm³/mol. The third-order valence-corrected chi connectivity index (χ3v) is 5.38. The largest absolute Gasteiger partial charge is 0.317 e. The zero-order chi connectivity index (χ0) is 12.3. The van der Waals surface area contributed by atoms with Crippen LogP contribution in [0.25, 0.3) is 0 Å². The number of hydrogen-bond donors (Lipinski definition) is 1. The van der Waals surface area contributed by atoms with E-state index in [-0.39, 0.29) is 0 Å². The van der Waals surface area contributed by atoms with Crippen LogP contribution in [-0.2, 0) is 6.42 Å². The van der Waals surface area contributed by atoms with Crippen LogP contribution in [0, 0.1) is 11.8 Å². The Balaban J connectivity index is 2.00. The Kier molecular flexibility index (Phi) is 4.89. The van der Waals surface area contributed by atoms with E-state index >= 15 is 0 Å². The van der Waals surface area contributed by atoms with Crippen LogP contribution >= 0.6 is 22.9 Å². The van der Waals surface area contributed by atoms with Crippen LogP contribution in [0.2, 0.25) is 4.34 Å². The van der Waals surface area contributed by atoms with Gasteiger partial charge in [-0.05, 0) is 56.7 Å². The SMILES string of the molecule is CCC1CCC(NC)C(Cc2ccc(Cl)s2)C1. The van der Waals surface area contributed by atoms with Crippen LogP contribution in [-0.4, -0.2) is 13.1 Å². The molecule has 1 aromatic rings. The fraction of sp³-hybridized carbons (Fsp3) is 0.714. The lowest BCUT2D eigenvalue weighted by molar-refractivity contribution is 0.206. The fourth-order valence-electron chi connectivity index (χ4n) is 3.06. The Morgan fingerprint density at radius 2 is 2.24 bits per heavy atom. The van der Waals surface area contributed by atoms with Crippen molar-refractivity contribution in [3.63, 3.8) is 0 Å². The lowest BCUT2D eigenvalue weighted by Crippen LogP contribution is -2.39. The lowest BCUT2D eigenvalue weighted by Gasteiger charge is -2.35. The second-order valence-corrected chi connectivity index (χ2v) is 6.95. The molecule has 1 aromatic heterocycles. The maximum atomic E-state index is 6.01. The monoisotopic (exact) mass is 271 g/mol. The number of hydrogen-bond acceptors (Lipinski definition) is 2. The first-order valence-corrected chi connectivity index (χ1v) is 7.83. The van der Waals surface area contributed by atoms with Gasteiger partial charge in [-0.25, -0.2) is 0 Å². The van der Waals surface area contributed by atoms with Crippen molar-refractivity contribution in [3.05, 3.63) is 21.3 Å². The Hall–Kier alpha value is -0.0500. The van der Waals surface area contributed by atoms with Gasteiger partial charge in [0.25, 0.3) is 0 Å². The molecule has 3 unspecified atom stereocenters. The molecule has 1 nitrogen and oxygen atoms in total. The van der Waals surface area contributed by atoms with Crippen molar-refractivity contribution < 1.29 is 0 Å². The van der Waals surface area contributed by atoms with Crippen molar-refractivity contribution in [1.29, 1.82) is 0 Å². The van der Waals surface area contributed by atoms with E-state index in [1.54, 1.807) is 11.3 Å². The first-order valence-electron chi connectivity index (χ1n) is 6.64. The molecule has 17 heavy (non-hydrogen) atoms. The minimum Gasteiger partial charge on any atom is -0.317 e. The summed E-state index contributed by atoms with van der Waals surface area (Å²) >= 11 is 7.75. The molecular formula is C14H22ClNS. The van der Waals surface area contributed by atoms with Crippen LogP contribution in [0.3, 0.4) is 0 Å². The molecule has 0 radical (unpaired) electrons. The average Bonchev–Trinajstić information content (AvgIpc) is 2.74. The summed E-state index contributed by atoms with van der Waals surface area (Å²) in [4.78, 5) is 1.44. The molecule has 1 aliphatic rings. The first kappa shape index (κ1) is 13.4. The molecule has 96 valence electrons. The zero-order valence-corrected chi connectivity index (χ0v) is 12.3. The van der Waals surface area contributed by atoms with Crippen molar-refractivity contribution in [2.75, 3.05) is 7.05 Å². The molecular weight excluding hydrogens is 250 g/mol. The van der Waals surface area contributed by atoms with Crippen LogP contribution in [0.15, 0.2) is 12.1 Å². The number of nitrogens with one attached hydrogen (secondary N) is 1. The van der Waals surface area contributed by atoms with E-state index < -0.39 is 0 Å². The van der Waals surface area contributed by atoms with E-state index in [1.807, 2.05) is 6.07 Å². The van der Waals surface area contributed by atoms with Gasteiger partial charge < -0.3 is 5.32 Å². The second kappa shape index (κ2) is 6.21. The zero-order valence-electron chi connectivity index (χ0n) is 10.7. The number of thiophene rings is 1. The standard InChI is InChI=1S/C14H22ClNS/c1-3-10-4-6-13(16-2)11(8-10)9-12-5-7-14(15)17-12/h5,7,10-11,13,16H,3-4,6,8-9H2,1-2H3. The molecule has 1 N–H and O–H groups in total. The van der Waals surface area contributed by atoms with Gasteiger partial charge in [0, 0.05) is 10.9 Å². The number of halogens is 1. The van der Waals surface area contributed by atoms with Crippen LogP contribution < -0.4 is 5.32 Å². The molecule has 1 aliphatic carbocycles. The highest BCUT2D eigenvalue weighted by atomic mass is 35.5. The normalized spacial score (nSPS) is 29.5. The minimum absolute atomic E-state index is 0.693. The minimum atomic E-state index is 0.693. The lowest BCUT2D eigenvalue weighted by atomic mass is 9.75. The van der Waals surface area contributed by atoms with E-state index in [0.717, 1.165) is 16.2 Å². The first-order chi connectivity index (χ1) is 8.22. The maximum Gasteiger partial charge on any atom is 0.0931 e. The Labute approximate surface area is 114 Å². The maximum absolute atomic E-state index is 6.01. The Morgan fingerprint density at radius 3 is 2.82 bits per heavy atom. The molecule has 0 aromatic carbocycles. The fourth-order valence-corrected chi connectivity index (χ4v) is 4.24. The van der Waals surface area contributed by atoms with Crippen molar-refractivity contribution in [2.45, 2.75) is 45.1 Å². The summed E-state index contributed by atoms with van der Waals surface area (Å²) in [6.45, 7) is 2.32. The highest BCUT2D eigenvalue weighted by molar-refractivity contribution is 7.16. The topological polar surface area (TPSA) is 12.0 Å². The van der Waals surface area contributed by atoms with Gasteiger partial charge in [0.05, 0.1) is 4.34 Å². The van der Waals surface area contributed by atoms with Gasteiger partial charge in [0.2, 0.25) is 0 Å². The van der Waals surface area contributed by atoms with Crippen molar-refractivity contribution in [2.24, 2.45) is 11.8 Å². The van der Waals surface area contributed by atoms with Gasteiger partial charge in [-0.1, -0.05) is 24.9 Å². The molecule has 0 bridgehead atoms. The molecule has 1 heterocycles. The Bertz CT molecular complexity index is 350. The molecule has 0 saturated heterocycles. The average molecular weight is 272 g/mol. The molecule has 2 rings (SSSR count). The van der Waals surface area contributed by atoms with Crippen molar-refractivity contribution in [1.82, 2.24) is 5.32 Å². The third kappa shape index (κ3) is 3.46. The summed E-state index contributed by atoms with van der Waals surface area (Å²) < 4.78 is 0.920. The summed E-state index contributed by atoms with van der Waals surface area (Å²) in [5, 5.41) is 3.50.